The molecule has 1 aromatic heterocycles. The van der Waals surface area contributed by atoms with Crippen LogP contribution < -0.4 is 5.69 Å². The highest BCUT2D eigenvalue weighted by molar-refractivity contribution is 8.00. The van der Waals surface area contributed by atoms with E-state index < -0.39 is 0 Å². The van der Waals surface area contributed by atoms with E-state index >= 15 is 0 Å². The number of hydrogen-bond acceptors (Lipinski definition) is 4. The molecule has 0 radical (unpaired) electrons. The fraction of sp³-hybridized carbons (Fsp3) is 0.261. The number of carbonyl (C=O) groups excluding carboxylic acids is 1. The first-order chi connectivity index (χ1) is 13.6. The summed E-state index contributed by atoms with van der Waals surface area (Å²) in [6, 6.07) is 17.6. The van der Waals surface area contributed by atoms with Crippen molar-refractivity contribution >= 4 is 17.5 Å². The van der Waals surface area contributed by atoms with Crippen molar-refractivity contribution < 1.29 is 4.79 Å². The summed E-state index contributed by atoms with van der Waals surface area (Å²) in [5, 5.41) is 0.724. The average Bonchev–Trinajstić information content (AvgIpc) is 3.20. The van der Waals surface area contributed by atoms with Gasteiger partial charge in [-0.1, -0.05) is 71.9 Å². The van der Waals surface area contributed by atoms with Gasteiger partial charge in [0.05, 0.1) is 12.3 Å². The zero-order valence-corrected chi connectivity index (χ0v) is 16.7. The summed E-state index contributed by atoms with van der Waals surface area (Å²) >= 11 is 1.39. The van der Waals surface area contributed by atoms with Gasteiger partial charge in [-0.15, -0.1) is 0 Å². The summed E-state index contributed by atoms with van der Waals surface area (Å²) in [5.41, 5.74) is 4.91. The second kappa shape index (κ2) is 8.15. The van der Waals surface area contributed by atoms with Crippen LogP contribution in [-0.2, 0) is 19.4 Å². The minimum Gasteiger partial charge on any atom is -0.293 e. The third kappa shape index (κ3) is 3.94. The van der Waals surface area contributed by atoms with Crippen LogP contribution >= 0.6 is 11.8 Å². The van der Waals surface area contributed by atoms with Crippen molar-refractivity contribution in [3.8, 4) is 0 Å². The number of Topliss-reactive ketones (excluding diaryl/α,β-unsaturated/α-hetero) is 1. The highest BCUT2D eigenvalue weighted by Gasteiger charge is 2.22. The van der Waals surface area contributed by atoms with Gasteiger partial charge in [0.15, 0.2) is 5.78 Å². The van der Waals surface area contributed by atoms with Gasteiger partial charge in [0.1, 0.15) is 5.03 Å². The van der Waals surface area contributed by atoms with E-state index in [2.05, 4.69) is 4.98 Å². The van der Waals surface area contributed by atoms with Gasteiger partial charge in [-0.2, -0.15) is 4.98 Å². The normalized spacial score (nSPS) is 12.8. The molecule has 4 rings (SSSR count). The van der Waals surface area contributed by atoms with E-state index in [-0.39, 0.29) is 11.5 Å². The van der Waals surface area contributed by atoms with Crippen LogP contribution in [0.4, 0.5) is 0 Å². The fourth-order valence-electron chi connectivity index (χ4n) is 3.59. The highest BCUT2D eigenvalue weighted by Crippen LogP contribution is 2.30. The average molecular weight is 391 g/mol. The number of carbonyl (C=O) groups is 1. The van der Waals surface area contributed by atoms with Crippen LogP contribution in [0.25, 0.3) is 0 Å². The zero-order valence-electron chi connectivity index (χ0n) is 15.9. The maximum Gasteiger partial charge on any atom is 0.349 e. The molecule has 0 fully saturated rings. The first-order valence-corrected chi connectivity index (χ1v) is 10.5. The standard InChI is InChI=1S/C23H22N2O2S/c1-16-10-12-18(13-11-16)21(26)15-28-22-19-8-5-9-20(19)25(23(27)24-22)14-17-6-3-2-4-7-17/h2-4,6-7,10-13H,5,8-9,14-15H2,1H3. The first-order valence-electron chi connectivity index (χ1n) is 9.51. The van der Waals surface area contributed by atoms with Crippen LogP contribution in [0.1, 0.15) is 39.2 Å². The van der Waals surface area contributed by atoms with Crippen molar-refractivity contribution in [3.63, 3.8) is 0 Å². The smallest absolute Gasteiger partial charge is 0.293 e. The molecule has 0 aliphatic heterocycles. The molecule has 3 aromatic rings. The Kier molecular flexibility index (Phi) is 5.44. The summed E-state index contributed by atoms with van der Waals surface area (Å²) in [4.78, 5) is 29.5. The number of nitrogens with zero attached hydrogens (tertiary/aromatic N) is 2. The minimum atomic E-state index is -0.227. The van der Waals surface area contributed by atoms with Crippen molar-refractivity contribution in [1.29, 1.82) is 0 Å². The van der Waals surface area contributed by atoms with Gasteiger partial charge in [0, 0.05) is 16.8 Å². The Morgan fingerprint density at radius 1 is 1.07 bits per heavy atom. The maximum atomic E-state index is 12.7. The third-order valence-corrected chi connectivity index (χ3v) is 6.12. The van der Waals surface area contributed by atoms with Gasteiger partial charge in [-0.25, -0.2) is 4.79 Å². The van der Waals surface area contributed by atoms with E-state index in [0.717, 1.165) is 46.7 Å². The lowest BCUT2D eigenvalue weighted by molar-refractivity contribution is 0.102. The van der Waals surface area contributed by atoms with E-state index in [9.17, 15) is 9.59 Å². The second-order valence-corrected chi connectivity index (χ2v) is 8.09. The summed E-state index contributed by atoms with van der Waals surface area (Å²) < 4.78 is 1.80. The second-order valence-electron chi connectivity index (χ2n) is 7.13. The van der Waals surface area contributed by atoms with Crippen LogP contribution in [0.5, 0.6) is 0 Å². The zero-order chi connectivity index (χ0) is 19.5. The quantitative estimate of drug-likeness (QED) is 0.362. The molecule has 0 amide bonds. The lowest BCUT2D eigenvalue weighted by Crippen LogP contribution is -2.27. The Hall–Kier alpha value is -2.66. The topological polar surface area (TPSA) is 52.0 Å². The SMILES string of the molecule is Cc1ccc(C(=O)CSc2nc(=O)n(Cc3ccccc3)c3c2CCC3)cc1. The van der Waals surface area contributed by atoms with E-state index in [1.165, 1.54) is 11.8 Å². The molecule has 0 spiro atoms. The summed E-state index contributed by atoms with van der Waals surface area (Å²) in [6.07, 6.45) is 2.83. The Morgan fingerprint density at radius 2 is 1.82 bits per heavy atom. The van der Waals surface area contributed by atoms with Crippen molar-refractivity contribution in [2.75, 3.05) is 5.75 Å². The number of ketones is 1. The number of thioether (sulfide) groups is 1. The highest BCUT2D eigenvalue weighted by atomic mass is 32.2. The Labute approximate surface area is 168 Å². The molecule has 0 N–H and O–H groups in total. The molecule has 5 heteroatoms. The minimum absolute atomic E-state index is 0.0620. The molecule has 1 aliphatic rings. The fourth-order valence-corrected chi connectivity index (χ4v) is 4.56. The molecular formula is C23H22N2O2S. The molecule has 0 saturated carbocycles. The van der Waals surface area contributed by atoms with Gasteiger partial charge in [0.2, 0.25) is 0 Å². The Balaban J connectivity index is 1.56. The van der Waals surface area contributed by atoms with Gasteiger partial charge >= 0.3 is 5.69 Å². The number of hydrogen-bond donors (Lipinski definition) is 0. The lowest BCUT2D eigenvalue weighted by atomic mass is 10.1. The molecule has 28 heavy (non-hydrogen) atoms. The largest absolute Gasteiger partial charge is 0.349 e. The van der Waals surface area contributed by atoms with E-state index in [1.807, 2.05) is 61.5 Å². The molecule has 1 aliphatic carbocycles. The first kappa shape index (κ1) is 18.7. The molecule has 1 heterocycles. The predicted molar refractivity (Wildman–Crippen MR) is 112 cm³/mol. The number of aryl methyl sites for hydroxylation is 1. The number of rotatable bonds is 6. The van der Waals surface area contributed by atoms with E-state index in [0.29, 0.717) is 17.9 Å². The number of aromatic nitrogens is 2. The molecule has 2 aromatic carbocycles. The van der Waals surface area contributed by atoms with Gasteiger partial charge in [0.25, 0.3) is 0 Å². The van der Waals surface area contributed by atoms with Gasteiger partial charge in [-0.3, -0.25) is 9.36 Å². The molecule has 4 nitrogen and oxygen atoms in total. The maximum absolute atomic E-state index is 12.7. The Morgan fingerprint density at radius 3 is 2.57 bits per heavy atom. The third-order valence-electron chi connectivity index (χ3n) is 5.10. The monoisotopic (exact) mass is 390 g/mol. The summed E-state index contributed by atoms with van der Waals surface area (Å²) in [6.45, 7) is 2.54. The molecule has 142 valence electrons. The lowest BCUT2D eigenvalue weighted by Gasteiger charge is -2.14. The van der Waals surface area contributed by atoms with Crippen LogP contribution in [-0.4, -0.2) is 21.1 Å². The van der Waals surface area contributed by atoms with Crippen molar-refractivity contribution in [2.24, 2.45) is 0 Å². The Bertz CT molecular complexity index is 1060. The van der Waals surface area contributed by atoms with Crippen LogP contribution in [0.2, 0.25) is 0 Å². The number of benzene rings is 2. The predicted octanol–water partition coefficient (Wildman–Crippen LogP) is 4.06. The van der Waals surface area contributed by atoms with Crippen LogP contribution in [0.15, 0.2) is 64.4 Å². The van der Waals surface area contributed by atoms with Crippen LogP contribution in [0.3, 0.4) is 0 Å². The van der Waals surface area contributed by atoms with Crippen LogP contribution in [0, 0.1) is 6.92 Å². The van der Waals surface area contributed by atoms with Gasteiger partial charge in [-0.05, 0) is 31.7 Å². The molecule has 0 unspecified atom stereocenters. The van der Waals surface area contributed by atoms with Gasteiger partial charge < -0.3 is 0 Å². The van der Waals surface area contributed by atoms with Crippen molar-refractivity contribution in [2.45, 2.75) is 37.8 Å². The van der Waals surface area contributed by atoms with E-state index in [4.69, 9.17) is 0 Å². The molecular weight excluding hydrogens is 368 g/mol. The molecule has 0 saturated heterocycles. The van der Waals surface area contributed by atoms with Crippen molar-refractivity contribution in [1.82, 2.24) is 9.55 Å². The summed E-state index contributed by atoms with van der Waals surface area (Å²) in [7, 11) is 0. The van der Waals surface area contributed by atoms with Crippen molar-refractivity contribution in [3.05, 3.63) is 93.0 Å². The molecule has 0 bridgehead atoms. The van der Waals surface area contributed by atoms with E-state index in [1.54, 1.807) is 4.57 Å². The molecule has 0 atom stereocenters. The summed E-state index contributed by atoms with van der Waals surface area (Å²) in [5.74, 6) is 0.358. The number of fused-ring (bicyclic) bond motifs is 1.